The van der Waals surface area contributed by atoms with Gasteiger partial charge in [0.15, 0.2) is 0 Å². The van der Waals surface area contributed by atoms with E-state index in [9.17, 15) is 9.59 Å². The van der Waals surface area contributed by atoms with Gasteiger partial charge in [0.1, 0.15) is 11.9 Å². The Bertz CT molecular complexity index is 901. The van der Waals surface area contributed by atoms with E-state index in [4.69, 9.17) is 16.3 Å². The number of benzene rings is 1. The Balaban J connectivity index is 1.32. The largest absolute Gasteiger partial charge is 0.486 e. The van der Waals surface area contributed by atoms with Gasteiger partial charge in [-0.15, -0.1) is 0 Å². The van der Waals surface area contributed by atoms with Gasteiger partial charge in [0.25, 0.3) is 5.56 Å². The zero-order chi connectivity index (χ0) is 18.3. The summed E-state index contributed by atoms with van der Waals surface area (Å²) in [5, 5.41) is 3.38. The topological polar surface area (TPSA) is 63.6 Å². The standard InChI is InChI=1S/C19H20ClN3O3/c1-12-7-16(9-18(24)23(12)15-5-6-15)26-17-10-22(11-17)19(25)21-14-4-2-3-13(20)8-14/h2-4,7-9,15,17H,5-6,10-11H2,1H3,(H,21,25). The molecule has 0 atom stereocenters. The molecule has 1 saturated heterocycles. The van der Waals surface area contributed by atoms with Gasteiger partial charge in [-0.05, 0) is 44.0 Å². The van der Waals surface area contributed by atoms with E-state index >= 15 is 0 Å². The lowest BCUT2D eigenvalue weighted by atomic mass is 10.2. The van der Waals surface area contributed by atoms with Crippen LogP contribution in [0.4, 0.5) is 10.5 Å². The van der Waals surface area contributed by atoms with Crippen molar-refractivity contribution in [1.29, 1.82) is 0 Å². The van der Waals surface area contributed by atoms with E-state index in [1.807, 2.05) is 17.6 Å². The average molecular weight is 374 g/mol. The normalized spacial score (nSPS) is 16.9. The van der Waals surface area contributed by atoms with Crippen molar-refractivity contribution < 1.29 is 9.53 Å². The van der Waals surface area contributed by atoms with Crippen molar-refractivity contribution >= 4 is 23.3 Å². The summed E-state index contributed by atoms with van der Waals surface area (Å²) in [7, 11) is 0. The molecule has 7 heteroatoms. The maximum atomic E-state index is 12.2. The summed E-state index contributed by atoms with van der Waals surface area (Å²) >= 11 is 5.92. The number of nitrogens with one attached hydrogen (secondary N) is 1. The van der Waals surface area contributed by atoms with Crippen molar-refractivity contribution in [1.82, 2.24) is 9.47 Å². The molecular weight excluding hydrogens is 354 g/mol. The van der Waals surface area contributed by atoms with Crippen LogP contribution in [-0.2, 0) is 0 Å². The fraction of sp³-hybridized carbons (Fsp3) is 0.368. The number of pyridine rings is 1. The second kappa shape index (κ2) is 6.68. The van der Waals surface area contributed by atoms with Crippen molar-refractivity contribution in [2.24, 2.45) is 0 Å². The molecule has 0 unspecified atom stereocenters. The first-order chi connectivity index (χ1) is 12.5. The molecular formula is C19H20ClN3O3. The highest BCUT2D eigenvalue weighted by atomic mass is 35.5. The van der Waals surface area contributed by atoms with Crippen LogP contribution >= 0.6 is 11.6 Å². The highest BCUT2D eigenvalue weighted by Gasteiger charge is 2.33. The third kappa shape index (κ3) is 3.55. The molecule has 1 saturated carbocycles. The molecule has 6 nitrogen and oxygen atoms in total. The fourth-order valence-corrected chi connectivity index (χ4v) is 3.38. The van der Waals surface area contributed by atoms with E-state index in [2.05, 4.69) is 5.32 Å². The van der Waals surface area contributed by atoms with Crippen LogP contribution in [0.5, 0.6) is 5.75 Å². The molecule has 1 aliphatic heterocycles. The minimum Gasteiger partial charge on any atom is -0.486 e. The molecule has 2 aliphatic rings. The number of aryl methyl sites for hydroxylation is 1. The van der Waals surface area contributed by atoms with Crippen LogP contribution < -0.4 is 15.6 Å². The number of halogens is 1. The highest BCUT2D eigenvalue weighted by molar-refractivity contribution is 6.30. The molecule has 1 aromatic carbocycles. The van der Waals surface area contributed by atoms with Crippen molar-refractivity contribution in [3.8, 4) is 5.75 Å². The van der Waals surface area contributed by atoms with E-state index in [0.717, 1.165) is 18.5 Å². The smallest absolute Gasteiger partial charge is 0.322 e. The third-order valence-electron chi connectivity index (χ3n) is 4.66. The summed E-state index contributed by atoms with van der Waals surface area (Å²) in [5.74, 6) is 0.573. The number of carbonyl (C=O) groups is 1. The van der Waals surface area contributed by atoms with Gasteiger partial charge >= 0.3 is 6.03 Å². The number of aromatic nitrogens is 1. The molecule has 4 rings (SSSR count). The maximum absolute atomic E-state index is 12.2. The number of rotatable bonds is 4. The minimum atomic E-state index is -0.188. The van der Waals surface area contributed by atoms with Gasteiger partial charge in [0.05, 0.1) is 13.1 Å². The first kappa shape index (κ1) is 17.0. The Hall–Kier alpha value is -2.47. The lowest BCUT2D eigenvalue weighted by molar-refractivity contribution is 0.0490. The minimum absolute atomic E-state index is 0.0163. The van der Waals surface area contributed by atoms with Crippen LogP contribution in [0, 0.1) is 6.92 Å². The molecule has 2 fully saturated rings. The summed E-state index contributed by atoms with van der Waals surface area (Å²) in [6.07, 6.45) is 2.04. The van der Waals surface area contributed by atoms with Gasteiger partial charge in [-0.2, -0.15) is 0 Å². The van der Waals surface area contributed by atoms with Gasteiger partial charge < -0.3 is 19.5 Å². The number of amides is 2. The van der Waals surface area contributed by atoms with Crippen LogP contribution in [0.1, 0.15) is 24.6 Å². The predicted molar refractivity (Wildman–Crippen MR) is 100 cm³/mol. The first-order valence-corrected chi connectivity index (χ1v) is 9.09. The van der Waals surface area contributed by atoms with Gasteiger partial charge in [0, 0.05) is 28.5 Å². The second-order valence-electron chi connectivity index (χ2n) is 6.86. The van der Waals surface area contributed by atoms with Crippen molar-refractivity contribution in [2.75, 3.05) is 18.4 Å². The molecule has 0 spiro atoms. The van der Waals surface area contributed by atoms with Crippen LogP contribution in [-0.4, -0.2) is 34.7 Å². The summed E-state index contributed by atoms with van der Waals surface area (Å²) in [6, 6.07) is 10.6. The predicted octanol–water partition coefficient (Wildman–Crippen LogP) is 3.44. The molecule has 0 bridgehead atoms. The molecule has 0 radical (unpaired) electrons. The van der Waals surface area contributed by atoms with Crippen LogP contribution in [0.3, 0.4) is 0 Å². The lowest BCUT2D eigenvalue weighted by Crippen LogP contribution is -2.57. The molecule has 1 aromatic heterocycles. The summed E-state index contributed by atoms with van der Waals surface area (Å²) in [6.45, 7) is 2.90. The Morgan fingerprint density at radius 2 is 2.00 bits per heavy atom. The number of anilines is 1. The number of carbonyl (C=O) groups excluding carboxylic acids is 1. The molecule has 26 heavy (non-hydrogen) atoms. The molecule has 136 valence electrons. The number of likely N-dealkylation sites (tertiary alicyclic amines) is 1. The van der Waals surface area contributed by atoms with Crippen molar-refractivity contribution in [3.05, 3.63) is 57.5 Å². The SMILES string of the molecule is Cc1cc(OC2CN(C(=O)Nc3cccc(Cl)c3)C2)cc(=O)n1C1CC1. The fourth-order valence-electron chi connectivity index (χ4n) is 3.19. The zero-order valence-corrected chi connectivity index (χ0v) is 15.2. The Labute approximate surface area is 156 Å². The lowest BCUT2D eigenvalue weighted by Gasteiger charge is -2.38. The number of hydrogen-bond acceptors (Lipinski definition) is 3. The molecule has 1 N–H and O–H groups in total. The van der Waals surface area contributed by atoms with E-state index in [0.29, 0.717) is 35.6 Å². The second-order valence-corrected chi connectivity index (χ2v) is 7.29. The average Bonchev–Trinajstić information content (AvgIpc) is 3.34. The molecule has 1 aliphatic carbocycles. The van der Waals surface area contributed by atoms with Gasteiger partial charge in [-0.25, -0.2) is 4.79 Å². The number of ether oxygens (including phenoxy) is 1. The van der Waals surface area contributed by atoms with E-state index in [-0.39, 0.29) is 17.7 Å². The Morgan fingerprint density at radius 1 is 1.23 bits per heavy atom. The van der Waals surface area contributed by atoms with Gasteiger partial charge in [0.2, 0.25) is 0 Å². The third-order valence-corrected chi connectivity index (χ3v) is 4.90. The molecule has 2 amide bonds. The Morgan fingerprint density at radius 3 is 2.65 bits per heavy atom. The highest BCUT2D eigenvalue weighted by Crippen LogP contribution is 2.35. The van der Waals surface area contributed by atoms with E-state index in [1.54, 1.807) is 35.2 Å². The Kier molecular flexibility index (Phi) is 4.36. The summed E-state index contributed by atoms with van der Waals surface area (Å²) in [4.78, 5) is 26.1. The number of hydrogen-bond donors (Lipinski definition) is 1. The zero-order valence-electron chi connectivity index (χ0n) is 14.4. The summed E-state index contributed by atoms with van der Waals surface area (Å²) in [5.41, 5.74) is 1.56. The van der Waals surface area contributed by atoms with E-state index in [1.165, 1.54) is 0 Å². The maximum Gasteiger partial charge on any atom is 0.322 e. The van der Waals surface area contributed by atoms with Gasteiger partial charge in [-0.3, -0.25) is 4.79 Å². The number of urea groups is 1. The summed E-state index contributed by atoms with van der Waals surface area (Å²) < 4.78 is 7.69. The monoisotopic (exact) mass is 373 g/mol. The van der Waals surface area contributed by atoms with Crippen LogP contribution in [0.2, 0.25) is 5.02 Å². The van der Waals surface area contributed by atoms with Crippen LogP contribution in [0.25, 0.3) is 0 Å². The van der Waals surface area contributed by atoms with Crippen molar-refractivity contribution in [3.63, 3.8) is 0 Å². The van der Waals surface area contributed by atoms with Crippen molar-refractivity contribution in [2.45, 2.75) is 31.9 Å². The quantitative estimate of drug-likeness (QED) is 0.892. The molecule has 2 heterocycles. The molecule has 2 aromatic rings. The first-order valence-electron chi connectivity index (χ1n) is 8.71. The van der Waals surface area contributed by atoms with Crippen LogP contribution in [0.15, 0.2) is 41.2 Å². The van der Waals surface area contributed by atoms with Gasteiger partial charge in [-0.1, -0.05) is 17.7 Å². The van der Waals surface area contributed by atoms with E-state index < -0.39 is 0 Å². The number of nitrogens with zero attached hydrogens (tertiary/aromatic N) is 2.